The first kappa shape index (κ1) is 14.4. The molecule has 19 heavy (non-hydrogen) atoms. The third kappa shape index (κ3) is 4.57. The molecule has 1 atom stereocenters. The molecule has 1 N–H and O–H groups in total. The second-order valence-electron chi connectivity index (χ2n) is 5.69. The summed E-state index contributed by atoms with van der Waals surface area (Å²) in [7, 11) is 0. The van der Waals surface area contributed by atoms with Crippen molar-refractivity contribution in [2.24, 2.45) is 5.92 Å². The van der Waals surface area contributed by atoms with Crippen LogP contribution in [0, 0.1) is 17.6 Å². The maximum Gasteiger partial charge on any atom is 0.126 e. The Bertz CT molecular complexity index is 398. The molecule has 0 aromatic heterocycles. The standard InChI is InChI=1S/C16H22F2O/c17-14-7-8-16(18)13(10-14)11-15(19)9-12-5-3-1-2-4-6-12/h7-8,10,12,15,19H,1-6,9,11H2. The quantitative estimate of drug-likeness (QED) is 0.810. The highest BCUT2D eigenvalue weighted by Crippen LogP contribution is 2.27. The molecule has 0 bridgehead atoms. The lowest BCUT2D eigenvalue weighted by Crippen LogP contribution is -2.17. The summed E-state index contributed by atoms with van der Waals surface area (Å²) in [6, 6.07) is 3.42. The fraction of sp³-hybridized carbons (Fsp3) is 0.625. The maximum atomic E-state index is 13.5. The highest BCUT2D eigenvalue weighted by Gasteiger charge is 2.18. The molecular weight excluding hydrogens is 246 g/mol. The van der Waals surface area contributed by atoms with E-state index < -0.39 is 17.7 Å². The van der Waals surface area contributed by atoms with E-state index in [1.54, 1.807) is 0 Å². The summed E-state index contributed by atoms with van der Waals surface area (Å²) in [6.07, 6.45) is 7.68. The number of aliphatic hydroxyl groups is 1. The summed E-state index contributed by atoms with van der Waals surface area (Å²) in [5, 5.41) is 10.1. The molecule has 0 amide bonds. The van der Waals surface area contributed by atoms with Gasteiger partial charge in [0, 0.05) is 6.42 Å². The molecule has 1 aliphatic carbocycles. The zero-order chi connectivity index (χ0) is 13.7. The van der Waals surface area contributed by atoms with Crippen LogP contribution in [0.3, 0.4) is 0 Å². The van der Waals surface area contributed by atoms with E-state index in [4.69, 9.17) is 0 Å². The van der Waals surface area contributed by atoms with Crippen LogP contribution in [0.2, 0.25) is 0 Å². The molecule has 1 unspecified atom stereocenters. The van der Waals surface area contributed by atoms with Crippen molar-refractivity contribution < 1.29 is 13.9 Å². The minimum atomic E-state index is -0.570. The summed E-state index contributed by atoms with van der Waals surface area (Å²) in [6.45, 7) is 0. The molecule has 1 aliphatic rings. The van der Waals surface area contributed by atoms with Crippen LogP contribution >= 0.6 is 0 Å². The maximum absolute atomic E-state index is 13.5. The smallest absolute Gasteiger partial charge is 0.126 e. The van der Waals surface area contributed by atoms with Crippen LogP contribution in [0.15, 0.2) is 18.2 Å². The number of hydrogen-bond donors (Lipinski definition) is 1. The number of rotatable bonds is 4. The van der Waals surface area contributed by atoms with Gasteiger partial charge in [0.1, 0.15) is 11.6 Å². The van der Waals surface area contributed by atoms with E-state index in [1.165, 1.54) is 31.7 Å². The zero-order valence-electron chi connectivity index (χ0n) is 11.2. The van der Waals surface area contributed by atoms with Crippen LogP contribution < -0.4 is 0 Å². The molecular formula is C16H22F2O. The largest absolute Gasteiger partial charge is 0.393 e. The van der Waals surface area contributed by atoms with Gasteiger partial charge < -0.3 is 5.11 Å². The van der Waals surface area contributed by atoms with Gasteiger partial charge in [-0.05, 0) is 36.1 Å². The molecule has 0 spiro atoms. The van der Waals surface area contributed by atoms with Crippen LogP contribution in [0.1, 0.15) is 50.5 Å². The molecule has 1 nitrogen and oxygen atoms in total. The third-order valence-corrected chi connectivity index (χ3v) is 4.04. The van der Waals surface area contributed by atoms with E-state index in [-0.39, 0.29) is 12.0 Å². The van der Waals surface area contributed by atoms with Crippen LogP contribution in [-0.4, -0.2) is 11.2 Å². The van der Waals surface area contributed by atoms with Gasteiger partial charge in [-0.2, -0.15) is 0 Å². The van der Waals surface area contributed by atoms with E-state index in [0.29, 0.717) is 12.3 Å². The average Bonchev–Trinajstić information content (AvgIpc) is 2.62. The van der Waals surface area contributed by atoms with Crippen molar-refractivity contribution in [3.05, 3.63) is 35.4 Å². The van der Waals surface area contributed by atoms with Crippen LogP contribution in [0.25, 0.3) is 0 Å². The second kappa shape index (κ2) is 6.99. The van der Waals surface area contributed by atoms with Crippen LogP contribution in [0.5, 0.6) is 0 Å². The summed E-state index contributed by atoms with van der Waals surface area (Å²) >= 11 is 0. The second-order valence-corrected chi connectivity index (χ2v) is 5.69. The fourth-order valence-electron chi connectivity index (χ4n) is 3.02. The third-order valence-electron chi connectivity index (χ3n) is 4.04. The van der Waals surface area contributed by atoms with E-state index in [1.807, 2.05) is 0 Å². The van der Waals surface area contributed by atoms with Gasteiger partial charge in [-0.15, -0.1) is 0 Å². The van der Waals surface area contributed by atoms with Crippen LogP contribution in [-0.2, 0) is 6.42 Å². The first-order valence-electron chi connectivity index (χ1n) is 7.27. The Labute approximate surface area is 113 Å². The summed E-state index contributed by atoms with van der Waals surface area (Å²) in [5.74, 6) is -0.339. The highest BCUT2D eigenvalue weighted by atomic mass is 19.1. The van der Waals surface area contributed by atoms with E-state index in [2.05, 4.69) is 0 Å². The Morgan fingerprint density at radius 3 is 2.47 bits per heavy atom. The monoisotopic (exact) mass is 268 g/mol. The van der Waals surface area contributed by atoms with Crippen molar-refractivity contribution in [1.29, 1.82) is 0 Å². The molecule has 1 saturated carbocycles. The molecule has 0 radical (unpaired) electrons. The van der Waals surface area contributed by atoms with Gasteiger partial charge in [-0.3, -0.25) is 0 Å². The van der Waals surface area contributed by atoms with Crippen molar-refractivity contribution in [2.75, 3.05) is 0 Å². The van der Waals surface area contributed by atoms with Crippen molar-refractivity contribution in [3.8, 4) is 0 Å². The number of hydrogen-bond acceptors (Lipinski definition) is 1. The lowest BCUT2D eigenvalue weighted by Gasteiger charge is -2.18. The van der Waals surface area contributed by atoms with E-state index in [0.717, 1.165) is 25.0 Å². The Balaban J connectivity index is 1.89. The summed E-state index contributed by atoms with van der Waals surface area (Å²) < 4.78 is 26.6. The number of benzene rings is 1. The Morgan fingerprint density at radius 1 is 1.11 bits per heavy atom. The molecule has 106 valence electrons. The Kier molecular flexibility index (Phi) is 5.32. The zero-order valence-corrected chi connectivity index (χ0v) is 11.2. The predicted molar refractivity (Wildman–Crippen MR) is 71.9 cm³/mol. The lowest BCUT2D eigenvalue weighted by molar-refractivity contribution is 0.136. The SMILES string of the molecule is OC(Cc1cc(F)ccc1F)CC1CCCCCC1. The molecule has 0 heterocycles. The van der Waals surface area contributed by atoms with Crippen molar-refractivity contribution in [2.45, 2.75) is 57.5 Å². The summed E-state index contributed by atoms with van der Waals surface area (Å²) in [4.78, 5) is 0. The van der Waals surface area contributed by atoms with Gasteiger partial charge in [0.15, 0.2) is 0 Å². The average molecular weight is 268 g/mol. The highest BCUT2D eigenvalue weighted by molar-refractivity contribution is 5.19. The predicted octanol–water partition coefficient (Wildman–Crippen LogP) is 4.23. The Hall–Kier alpha value is -0.960. The Morgan fingerprint density at radius 2 is 1.79 bits per heavy atom. The van der Waals surface area contributed by atoms with Gasteiger partial charge in [-0.25, -0.2) is 8.78 Å². The van der Waals surface area contributed by atoms with Gasteiger partial charge in [0.2, 0.25) is 0 Å². The first-order valence-corrected chi connectivity index (χ1v) is 7.27. The van der Waals surface area contributed by atoms with Crippen LogP contribution in [0.4, 0.5) is 8.78 Å². The minimum absolute atomic E-state index is 0.208. The molecule has 1 aromatic carbocycles. The molecule has 1 aromatic rings. The normalized spacial score (nSPS) is 19.1. The molecule has 0 aliphatic heterocycles. The number of aliphatic hydroxyl groups excluding tert-OH is 1. The van der Waals surface area contributed by atoms with Crippen molar-refractivity contribution in [1.82, 2.24) is 0 Å². The minimum Gasteiger partial charge on any atom is -0.393 e. The van der Waals surface area contributed by atoms with E-state index in [9.17, 15) is 13.9 Å². The lowest BCUT2D eigenvalue weighted by atomic mass is 9.91. The van der Waals surface area contributed by atoms with Crippen molar-refractivity contribution in [3.63, 3.8) is 0 Å². The molecule has 0 saturated heterocycles. The van der Waals surface area contributed by atoms with E-state index >= 15 is 0 Å². The van der Waals surface area contributed by atoms with Crippen molar-refractivity contribution >= 4 is 0 Å². The van der Waals surface area contributed by atoms with Gasteiger partial charge in [-0.1, -0.05) is 38.5 Å². The number of halogens is 2. The molecule has 2 rings (SSSR count). The van der Waals surface area contributed by atoms with Gasteiger partial charge >= 0.3 is 0 Å². The van der Waals surface area contributed by atoms with Gasteiger partial charge in [0.05, 0.1) is 6.10 Å². The topological polar surface area (TPSA) is 20.2 Å². The molecule has 3 heteroatoms. The first-order chi connectivity index (χ1) is 9.15. The van der Waals surface area contributed by atoms with Gasteiger partial charge in [0.25, 0.3) is 0 Å². The molecule has 1 fully saturated rings. The summed E-state index contributed by atoms with van der Waals surface area (Å²) in [5.41, 5.74) is 0.279. The fourth-order valence-corrected chi connectivity index (χ4v) is 3.02.